The smallest absolute Gasteiger partial charge is 0.189 e. The molecule has 94 valence electrons. The number of anilines is 1. The standard InChI is InChI=1S/C12H15N5O/c1-7-5-14-16-6-10-12(15-11(7)16)17(13)8-3-2-4-9(8)18-10/h5-6,8-9H,2-4,13H2,1H3/t8-,9-/m1/s1. The van der Waals surface area contributed by atoms with Crippen LogP contribution in [0.3, 0.4) is 0 Å². The average Bonchev–Trinajstić information content (AvgIpc) is 2.96. The van der Waals surface area contributed by atoms with Crippen LogP contribution in [0.4, 0.5) is 5.82 Å². The number of ether oxygens (including phenoxy) is 1. The number of hydrogen-bond acceptors (Lipinski definition) is 5. The third-order valence-corrected chi connectivity index (χ3v) is 3.92. The maximum atomic E-state index is 6.20. The molecule has 0 spiro atoms. The van der Waals surface area contributed by atoms with Crippen LogP contribution >= 0.6 is 0 Å². The van der Waals surface area contributed by atoms with Crippen molar-refractivity contribution in [2.75, 3.05) is 5.01 Å². The summed E-state index contributed by atoms with van der Waals surface area (Å²) in [6, 6.07) is 0.260. The highest BCUT2D eigenvalue weighted by atomic mass is 16.5. The van der Waals surface area contributed by atoms with Gasteiger partial charge in [-0.15, -0.1) is 0 Å². The molecule has 0 aromatic carbocycles. The molecule has 0 amide bonds. The van der Waals surface area contributed by atoms with Gasteiger partial charge in [-0.2, -0.15) is 5.10 Å². The minimum atomic E-state index is 0.193. The van der Waals surface area contributed by atoms with E-state index in [1.807, 2.05) is 13.1 Å². The molecule has 2 aliphatic rings. The summed E-state index contributed by atoms with van der Waals surface area (Å²) in [5.74, 6) is 7.67. The van der Waals surface area contributed by atoms with E-state index in [1.165, 1.54) is 0 Å². The third kappa shape index (κ3) is 1.21. The first-order chi connectivity index (χ1) is 8.74. The van der Waals surface area contributed by atoms with Crippen molar-refractivity contribution in [3.8, 4) is 5.75 Å². The van der Waals surface area contributed by atoms with E-state index >= 15 is 0 Å². The lowest BCUT2D eigenvalue weighted by Crippen LogP contribution is -2.51. The molecule has 3 heterocycles. The lowest BCUT2D eigenvalue weighted by Gasteiger charge is -2.36. The van der Waals surface area contributed by atoms with E-state index in [0.29, 0.717) is 0 Å². The van der Waals surface area contributed by atoms with Crippen molar-refractivity contribution in [1.82, 2.24) is 14.6 Å². The number of nitrogens with zero attached hydrogens (tertiary/aromatic N) is 4. The Labute approximate surface area is 104 Å². The van der Waals surface area contributed by atoms with Gasteiger partial charge < -0.3 is 4.74 Å². The summed E-state index contributed by atoms with van der Waals surface area (Å²) in [5.41, 5.74) is 1.88. The van der Waals surface area contributed by atoms with Crippen molar-refractivity contribution in [3.63, 3.8) is 0 Å². The Hall–Kier alpha value is -1.82. The average molecular weight is 245 g/mol. The zero-order valence-electron chi connectivity index (χ0n) is 10.2. The molecule has 6 nitrogen and oxygen atoms in total. The molecule has 18 heavy (non-hydrogen) atoms. The summed E-state index contributed by atoms with van der Waals surface area (Å²) >= 11 is 0. The predicted octanol–water partition coefficient (Wildman–Crippen LogP) is 1.03. The van der Waals surface area contributed by atoms with Gasteiger partial charge in [-0.25, -0.2) is 15.3 Å². The molecule has 0 unspecified atom stereocenters. The van der Waals surface area contributed by atoms with Gasteiger partial charge in [-0.1, -0.05) is 0 Å². The first-order valence-corrected chi connectivity index (χ1v) is 6.29. The zero-order valence-corrected chi connectivity index (χ0v) is 10.2. The maximum absolute atomic E-state index is 6.20. The highest BCUT2D eigenvalue weighted by Crippen LogP contribution is 2.38. The second-order valence-electron chi connectivity index (χ2n) is 5.09. The van der Waals surface area contributed by atoms with Gasteiger partial charge in [0.1, 0.15) is 6.10 Å². The molecular formula is C12H15N5O. The predicted molar refractivity (Wildman–Crippen MR) is 66.4 cm³/mol. The van der Waals surface area contributed by atoms with Crippen LogP contribution in [0, 0.1) is 6.92 Å². The van der Waals surface area contributed by atoms with Gasteiger partial charge in [-0.3, -0.25) is 5.01 Å². The fourth-order valence-corrected chi connectivity index (χ4v) is 2.95. The Bertz CT molecular complexity index is 622. The van der Waals surface area contributed by atoms with Crippen molar-refractivity contribution in [2.45, 2.75) is 38.3 Å². The first-order valence-electron chi connectivity index (χ1n) is 6.29. The molecule has 2 atom stereocenters. The fraction of sp³-hybridized carbons (Fsp3) is 0.500. The van der Waals surface area contributed by atoms with Crippen molar-refractivity contribution in [3.05, 3.63) is 18.0 Å². The summed E-state index contributed by atoms with van der Waals surface area (Å²) < 4.78 is 7.75. The monoisotopic (exact) mass is 245 g/mol. The van der Waals surface area contributed by atoms with Gasteiger partial charge in [-0.05, 0) is 26.2 Å². The Morgan fingerprint density at radius 1 is 1.44 bits per heavy atom. The van der Waals surface area contributed by atoms with E-state index in [4.69, 9.17) is 10.6 Å². The summed E-state index contributed by atoms with van der Waals surface area (Å²) in [5, 5.41) is 6.03. The van der Waals surface area contributed by atoms with Crippen LogP contribution in [0.15, 0.2) is 12.4 Å². The van der Waals surface area contributed by atoms with Crippen molar-refractivity contribution < 1.29 is 4.74 Å². The molecule has 4 rings (SSSR count). The van der Waals surface area contributed by atoms with Gasteiger partial charge in [0.2, 0.25) is 0 Å². The minimum Gasteiger partial charge on any atom is -0.483 e. The molecule has 6 heteroatoms. The Kier molecular flexibility index (Phi) is 1.89. The number of fused-ring (bicyclic) bond motifs is 3. The van der Waals surface area contributed by atoms with Crippen LogP contribution in [-0.4, -0.2) is 26.7 Å². The number of hydrazine groups is 1. The van der Waals surface area contributed by atoms with Crippen LogP contribution in [0.2, 0.25) is 0 Å². The second kappa shape index (κ2) is 3.35. The van der Waals surface area contributed by atoms with Crippen LogP contribution in [-0.2, 0) is 0 Å². The van der Waals surface area contributed by atoms with Crippen molar-refractivity contribution in [1.29, 1.82) is 0 Å². The van der Waals surface area contributed by atoms with Crippen LogP contribution in [0.5, 0.6) is 5.75 Å². The highest BCUT2D eigenvalue weighted by Gasteiger charge is 2.39. The van der Waals surface area contributed by atoms with E-state index in [-0.39, 0.29) is 12.1 Å². The van der Waals surface area contributed by atoms with E-state index in [2.05, 4.69) is 10.1 Å². The topological polar surface area (TPSA) is 68.7 Å². The molecule has 2 aromatic heterocycles. The normalized spacial score (nSPS) is 26.0. The lowest BCUT2D eigenvalue weighted by molar-refractivity contribution is 0.169. The first kappa shape index (κ1) is 10.1. The maximum Gasteiger partial charge on any atom is 0.189 e. The van der Waals surface area contributed by atoms with Crippen LogP contribution in [0.1, 0.15) is 24.8 Å². The van der Waals surface area contributed by atoms with Gasteiger partial charge in [0.25, 0.3) is 0 Å². The van der Waals surface area contributed by atoms with E-state index < -0.39 is 0 Å². The molecule has 0 bridgehead atoms. The number of rotatable bonds is 0. The minimum absolute atomic E-state index is 0.193. The SMILES string of the molecule is Cc1cnn2cc3c(nc12)N(N)[C@@H]1CCC[C@H]1O3. The van der Waals surface area contributed by atoms with E-state index in [1.54, 1.807) is 15.7 Å². The molecule has 1 saturated carbocycles. The largest absolute Gasteiger partial charge is 0.483 e. The lowest BCUT2D eigenvalue weighted by atomic mass is 10.1. The van der Waals surface area contributed by atoms with Gasteiger partial charge in [0, 0.05) is 5.56 Å². The van der Waals surface area contributed by atoms with E-state index in [9.17, 15) is 0 Å². The molecule has 2 aromatic rings. The molecule has 0 radical (unpaired) electrons. The summed E-state index contributed by atoms with van der Waals surface area (Å²) in [6.07, 6.45) is 7.17. The van der Waals surface area contributed by atoms with Gasteiger partial charge in [0.05, 0.1) is 18.4 Å². The Balaban J connectivity index is 1.91. The Morgan fingerprint density at radius 2 is 2.33 bits per heavy atom. The third-order valence-electron chi connectivity index (χ3n) is 3.92. The molecule has 0 saturated heterocycles. The molecule has 1 aliphatic heterocycles. The number of nitrogens with two attached hydrogens (primary N) is 1. The van der Waals surface area contributed by atoms with Crippen molar-refractivity contribution in [2.24, 2.45) is 5.84 Å². The summed E-state index contributed by atoms with van der Waals surface area (Å²) in [6.45, 7) is 1.99. The van der Waals surface area contributed by atoms with E-state index in [0.717, 1.165) is 42.0 Å². The van der Waals surface area contributed by atoms with Gasteiger partial charge >= 0.3 is 0 Å². The zero-order chi connectivity index (χ0) is 12.3. The number of aromatic nitrogens is 3. The van der Waals surface area contributed by atoms with Gasteiger partial charge in [0.15, 0.2) is 17.2 Å². The number of hydrogen-bond donors (Lipinski definition) is 1. The molecule has 2 N–H and O–H groups in total. The van der Waals surface area contributed by atoms with Crippen LogP contribution in [0.25, 0.3) is 5.65 Å². The van der Waals surface area contributed by atoms with Crippen molar-refractivity contribution >= 4 is 11.5 Å². The Morgan fingerprint density at radius 3 is 3.22 bits per heavy atom. The molecular weight excluding hydrogens is 230 g/mol. The highest BCUT2D eigenvalue weighted by molar-refractivity contribution is 5.60. The summed E-state index contributed by atoms with van der Waals surface area (Å²) in [4.78, 5) is 4.59. The summed E-state index contributed by atoms with van der Waals surface area (Å²) in [7, 11) is 0. The quantitative estimate of drug-likeness (QED) is 0.702. The molecule has 1 aliphatic carbocycles. The van der Waals surface area contributed by atoms with Crippen LogP contribution < -0.4 is 15.6 Å². The molecule has 1 fully saturated rings. The second-order valence-corrected chi connectivity index (χ2v) is 5.09. The number of aryl methyl sites for hydroxylation is 1. The fourth-order valence-electron chi connectivity index (χ4n) is 2.95.